The first-order valence-corrected chi connectivity index (χ1v) is 22.2. The van der Waals surface area contributed by atoms with E-state index in [4.69, 9.17) is 28.4 Å². The minimum absolute atomic E-state index is 0.0615. The van der Waals surface area contributed by atoms with Gasteiger partial charge in [0.2, 0.25) is 5.91 Å². The van der Waals surface area contributed by atoms with Crippen LogP contribution in [0.3, 0.4) is 0 Å². The number of ether oxygens (including phenoxy) is 6. The third-order valence-electron chi connectivity index (χ3n) is 9.75. The molecular weight excluding hydrogens is 891 g/mol. The van der Waals surface area contributed by atoms with Gasteiger partial charge in [0.25, 0.3) is 0 Å². The fraction of sp³-hybridized carbons (Fsp3) is 0.431. The van der Waals surface area contributed by atoms with Gasteiger partial charge in [0.1, 0.15) is 17.2 Å². The number of benzene rings is 3. The maximum Gasteiger partial charge on any atom is 0.408 e. The van der Waals surface area contributed by atoms with E-state index in [1.807, 2.05) is 42.5 Å². The van der Waals surface area contributed by atoms with Gasteiger partial charge in [-0.3, -0.25) is 9.59 Å². The summed E-state index contributed by atoms with van der Waals surface area (Å²) in [6.07, 6.45) is -1.99. The SMILES string of the molecule is COC(=O)Cc1cc(C#CCOC(=O)NCc2cccc(CNC(=O)OC(C)(C)C)c2)cc(C#CCOC(=O)NC2CC(C(=O)OC)N(C(=O)CCc3ccc(CNC(=O)OC(C)(C)C)cc3)C2)c1. The predicted molar refractivity (Wildman–Crippen MR) is 252 cm³/mol. The molecule has 1 aliphatic rings. The Morgan fingerprint density at radius 2 is 1.14 bits per heavy atom. The number of nitrogens with one attached hydrogen (secondary N) is 4. The van der Waals surface area contributed by atoms with Gasteiger partial charge in [-0.25, -0.2) is 24.0 Å². The van der Waals surface area contributed by atoms with Gasteiger partial charge in [-0.2, -0.15) is 0 Å². The molecule has 0 saturated carbocycles. The molecule has 0 spiro atoms. The van der Waals surface area contributed by atoms with E-state index < -0.39 is 59.6 Å². The van der Waals surface area contributed by atoms with Crippen molar-refractivity contribution in [2.45, 2.75) is 110 Å². The van der Waals surface area contributed by atoms with Gasteiger partial charge in [-0.05, 0) is 94.0 Å². The highest BCUT2D eigenvalue weighted by Crippen LogP contribution is 2.22. The van der Waals surface area contributed by atoms with Crippen LogP contribution in [0.15, 0.2) is 66.7 Å². The molecule has 0 radical (unpaired) electrons. The molecule has 368 valence electrons. The second-order valence-corrected chi connectivity index (χ2v) is 17.8. The van der Waals surface area contributed by atoms with Crippen molar-refractivity contribution >= 4 is 42.2 Å². The van der Waals surface area contributed by atoms with Crippen LogP contribution in [0.2, 0.25) is 0 Å². The molecule has 69 heavy (non-hydrogen) atoms. The van der Waals surface area contributed by atoms with Crippen molar-refractivity contribution in [1.29, 1.82) is 0 Å². The number of likely N-dealkylation sites (tertiary alicyclic amines) is 1. The number of amides is 5. The van der Waals surface area contributed by atoms with Crippen molar-refractivity contribution < 1.29 is 62.0 Å². The Morgan fingerprint density at radius 3 is 1.68 bits per heavy atom. The quantitative estimate of drug-likeness (QED) is 0.0830. The van der Waals surface area contributed by atoms with Crippen molar-refractivity contribution in [2.24, 2.45) is 0 Å². The maximum absolute atomic E-state index is 13.4. The Balaban J connectivity index is 1.25. The van der Waals surface area contributed by atoms with E-state index in [1.54, 1.807) is 65.8 Å². The third-order valence-corrected chi connectivity index (χ3v) is 9.75. The number of aryl methyl sites for hydroxylation is 1. The monoisotopic (exact) mass is 951 g/mol. The lowest BCUT2D eigenvalue weighted by atomic mass is 10.0. The first kappa shape index (κ1) is 53.9. The number of hydrogen-bond donors (Lipinski definition) is 4. The summed E-state index contributed by atoms with van der Waals surface area (Å²) in [6, 6.07) is 18.2. The molecule has 4 rings (SSSR count). The highest BCUT2D eigenvalue weighted by Gasteiger charge is 2.40. The number of nitrogens with zero attached hydrogens (tertiary/aromatic N) is 1. The molecule has 5 amide bonds. The lowest BCUT2D eigenvalue weighted by Crippen LogP contribution is -2.42. The van der Waals surface area contributed by atoms with E-state index in [9.17, 15) is 33.6 Å². The van der Waals surface area contributed by atoms with E-state index in [1.165, 1.54) is 19.1 Å². The van der Waals surface area contributed by atoms with Gasteiger partial charge in [0, 0.05) is 50.1 Å². The lowest BCUT2D eigenvalue weighted by Gasteiger charge is -2.22. The summed E-state index contributed by atoms with van der Waals surface area (Å²) in [4.78, 5) is 88.7. The number of methoxy groups -OCH3 is 2. The van der Waals surface area contributed by atoms with Gasteiger partial charge < -0.3 is 54.6 Å². The average molecular weight is 952 g/mol. The lowest BCUT2D eigenvalue weighted by molar-refractivity contribution is -0.150. The van der Waals surface area contributed by atoms with Crippen LogP contribution in [0, 0.1) is 23.7 Å². The predicted octanol–water partition coefficient (Wildman–Crippen LogP) is 5.58. The highest BCUT2D eigenvalue weighted by molar-refractivity contribution is 5.86. The highest BCUT2D eigenvalue weighted by atomic mass is 16.6. The van der Waals surface area contributed by atoms with Crippen LogP contribution in [-0.2, 0) is 75.3 Å². The van der Waals surface area contributed by atoms with Crippen LogP contribution in [0.1, 0.15) is 93.3 Å². The first-order chi connectivity index (χ1) is 32.7. The number of carbonyl (C=O) groups excluding carboxylic acids is 7. The second kappa shape index (κ2) is 26.0. The fourth-order valence-electron chi connectivity index (χ4n) is 6.71. The van der Waals surface area contributed by atoms with E-state index in [0.29, 0.717) is 23.1 Å². The smallest absolute Gasteiger partial charge is 0.408 e. The molecule has 1 aliphatic heterocycles. The molecule has 2 unspecified atom stereocenters. The molecule has 0 aliphatic carbocycles. The summed E-state index contributed by atoms with van der Waals surface area (Å²) in [5.74, 6) is 9.98. The fourth-order valence-corrected chi connectivity index (χ4v) is 6.71. The minimum atomic E-state index is -0.899. The number of alkyl carbamates (subject to hydrolysis) is 4. The minimum Gasteiger partial charge on any atom is -0.469 e. The molecule has 1 fully saturated rings. The summed E-state index contributed by atoms with van der Waals surface area (Å²) in [5.41, 5.74) is 3.60. The number of rotatable bonds is 15. The summed E-state index contributed by atoms with van der Waals surface area (Å²) >= 11 is 0. The van der Waals surface area contributed by atoms with Crippen LogP contribution in [-0.4, -0.2) is 104 Å². The van der Waals surface area contributed by atoms with Crippen molar-refractivity contribution in [3.05, 3.63) is 106 Å². The second-order valence-electron chi connectivity index (χ2n) is 17.8. The summed E-state index contributed by atoms with van der Waals surface area (Å²) in [5, 5.41) is 10.8. The zero-order valence-electron chi connectivity index (χ0n) is 40.3. The zero-order chi connectivity index (χ0) is 50.6. The van der Waals surface area contributed by atoms with Crippen LogP contribution >= 0.6 is 0 Å². The molecule has 3 aromatic carbocycles. The van der Waals surface area contributed by atoms with Gasteiger partial charge in [-0.1, -0.05) is 72.2 Å². The number of carbonyl (C=O) groups is 7. The Hall–Kier alpha value is -7.73. The molecule has 0 bridgehead atoms. The van der Waals surface area contributed by atoms with Crippen molar-refractivity contribution in [1.82, 2.24) is 26.2 Å². The maximum atomic E-state index is 13.4. The molecule has 2 atom stereocenters. The molecule has 1 heterocycles. The zero-order valence-corrected chi connectivity index (χ0v) is 40.3. The van der Waals surface area contributed by atoms with Crippen LogP contribution < -0.4 is 21.3 Å². The Morgan fingerprint density at radius 1 is 0.623 bits per heavy atom. The van der Waals surface area contributed by atoms with E-state index in [0.717, 1.165) is 22.3 Å². The van der Waals surface area contributed by atoms with Gasteiger partial charge in [-0.15, -0.1) is 0 Å². The van der Waals surface area contributed by atoms with E-state index >= 15 is 0 Å². The Labute approximate surface area is 402 Å². The molecular formula is C51H61N5O13. The van der Waals surface area contributed by atoms with Crippen molar-refractivity contribution in [3.8, 4) is 23.7 Å². The normalized spacial score (nSPS) is 14.0. The number of hydrogen-bond acceptors (Lipinski definition) is 13. The average Bonchev–Trinajstić information content (AvgIpc) is 3.71. The molecule has 18 nitrogen and oxygen atoms in total. The van der Waals surface area contributed by atoms with Crippen LogP contribution in [0.5, 0.6) is 0 Å². The molecule has 4 N–H and O–H groups in total. The largest absolute Gasteiger partial charge is 0.469 e. The standard InChI is InChI=1S/C51H61N5O13/c1-50(2,3)68-47(61)53-30-35-18-16-34(17-19-35)20-21-43(57)56-33-41(29-42(56)45(59)65-8)55-49(63)67-23-11-15-37-24-36(25-40(26-37)28-44(58)64-7)14-10-22-66-46(60)52-31-38-12-9-13-39(27-38)32-54-48(62)69-51(4,5)6/h9,12-13,16-19,24-27,41-42H,20-23,28-33H2,1-8H3,(H,52,60)(H,53,61)(H,54,62)(H,55,63). The van der Waals surface area contributed by atoms with E-state index in [-0.39, 0.29) is 64.6 Å². The summed E-state index contributed by atoms with van der Waals surface area (Å²) in [7, 11) is 2.50. The van der Waals surface area contributed by atoms with Gasteiger partial charge >= 0.3 is 36.3 Å². The summed E-state index contributed by atoms with van der Waals surface area (Å²) in [6.45, 7) is 10.9. The Kier molecular flexibility index (Phi) is 20.3. The van der Waals surface area contributed by atoms with Crippen molar-refractivity contribution in [2.75, 3.05) is 34.0 Å². The van der Waals surface area contributed by atoms with E-state index in [2.05, 4.69) is 44.9 Å². The first-order valence-electron chi connectivity index (χ1n) is 22.2. The van der Waals surface area contributed by atoms with Gasteiger partial charge in [0.15, 0.2) is 13.2 Å². The van der Waals surface area contributed by atoms with Gasteiger partial charge in [0.05, 0.1) is 26.7 Å². The molecule has 18 heteroatoms. The molecule has 0 aromatic heterocycles. The number of esters is 2. The van der Waals surface area contributed by atoms with Crippen LogP contribution in [0.25, 0.3) is 0 Å². The molecule has 3 aromatic rings. The summed E-state index contributed by atoms with van der Waals surface area (Å²) < 4.78 is 30.8. The van der Waals surface area contributed by atoms with Crippen LogP contribution in [0.4, 0.5) is 19.2 Å². The van der Waals surface area contributed by atoms with Crippen molar-refractivity contribution in [3.63, 3.8) is 0 Å². The third kappa shape index (κ3) is 20.4. The molecule has 1 saturated heterocycles. The Bertz CT molecular complexity index is 2440. The topological polar surface area (TPSA) is 226 Å².